The minimum absolute atomic E-state index is 0.0454. The molecule has 1 spiro atoms. The van der Waals surface area contributed by atoms with E-state index in [1.54, 1.807) is 0 Å². The first-order valence-electron chi connectivity index (χ1n) is 8.05. The third kappa shape index (κ3) is 2.13. The predicted molar refractivity (Wildman–Crippen MR) is 80.0 cm³/mol. The summed E-state index contributed by atoms with van der Waals surface area (Å²) < 4.78 is 6.48. The van der Waals surface area contributed by atoms with Crippen molar-refractivity contribution in [2.45, 2.75) is 50.3 Å². The monoisotopic (exact) mass is 272 g/mol. The molecule has 2 atom stereocenters. The number of benzene rings is 1. The van der Waals surface area contributed by atoms with Gasteiger partial charge in [-0.1, -0.05) is 25.1 Å². The number of likely N-dealkylation sites (tertiary alicyclic amines) is 1. The zero-order valence-electron chi connectivity index (χ0n) is 12.3. The van der Waals surface area contributed by atoms with Crippen molar-refractivity contribution in [1.29, 1.82) is 0 Å². The summed E-state index contributed by atoms with van der Waals surface area (Å²) in [7, 11) is 0. The van der Waals surface area contributed by atoms with E-state index in [1.807, 2.05) is 0 Å². The summed E-state index contributed by atoms with van der Waals surface area (Å²) in [5.41, 5.74) is 1.38. The van der Waals surface area contributed by atoms with Crippen molar-refractivity contribution in [2.75, 3.05) is 19.6 Å². The number of nitrogens with zero attached hydrogens (tertiary/aromatic N) is 1. The highest BCUT2D eigenvalue weighted by Crippen LogP contribution is 2.45. The maximum Gasteiger partial charge on any atom is 0.125 e. The van der Waals surface area contributed by atoms with Gasteiger partial charge in [0.05, 0.1) is 0 Å². The number of ether oxygens (including phenoxy) is 1. The second kappa shape index (κ2) is 4.74. The molecule has 0 amide bonds. The van der Waals surface area contributed by atoms with Crippen LogP contribution in [0.4, 0.5) is 0 Å². The fourth-order valence-corrected chi connectivity index (χ4v) is 3.92. The number of para-hydroxylation sites is 1. The lowest BCUT2D eigenvalue weighted by molar-refractivity contribution is 0.0380. The summed E-state index contributed by atoms with van der Waals surface area (Å²) in [6.45, 7) is 5.54. The SMILES string of the molecule is CCNC1CC2(CCN(C3CC3)C2)Oc2ccccc21. The van der Waals surface area contributed by atoms with Crippen LogP contribution in [0.25, 0.3) is 0 Å². The van der Waals surface area contributed by atoms with Gasteiger partial charge in [-0.15, -0.1) is 0 Å². The third-order valence-corrected chi connectivity index (χ3v) is 5.06. The van der Waals surface area contributed by atoms with Crippen LogP contribution in [0.15, 0.2) is 24.3 Å². The van der Waals surface area contributed by atoms with E-state index >= 15 is 0 Å². The molecular formula is C17H24N2O. The molecule has 1 aromatic carbocycles. The summed E-state index contributed by atoms with van der Waals surface area (Å²) in [4.78, 5) is 2.65. The lowest BCUT2D eigenvalue weighted by atomic mass is 9.86. The normalized spacial score (nSPS) is 33.1. The molecular weight excluding hydrogens is 248 g/mol. The first-order valence-corrected chi connectivity index (χ1v) is 8.05. The van der Waals surface area contributed by atoms with Gasteiger partial charge in [0.15, 0.2) is 0 Å². The minimum Gasteiger partial charge on any atom is -0.485 e. The van der Waals surface area contributed by atoms with Crippen LogP contribution in [-0.4, -0.2) is 36.2 Å². The van der Waals surface area contributed by atoms with Gasteiger partial charge in [-0.3, -0.25) is 4.90 Å². The molecule has 1 saturated carbocycles. The van der Waals surface area contributed by atoms with E-state index in [0.717, 1.165) is 31.3 Å². The van der Waals surface area contributed by atoms with Crippen LogP contribution >= 0.6 is 0 Å². The Bertz CT molecular complexity index is 500. The zero-order chi connectivity index (χ0) is 13.6. The average molecular weight is 272 g/mol. The molecule has 2 heterocycles. The highest BCUT2D eigenvalue weighted by atomic mass is 16.5. The summed E-state index contributed by atoms with van der Waals surface area (Å²) in [5.74, 6) is 1.10. The lowest BCUT2D eigenvalue weighted by Crippen LogP contribution is -2.46. The Morgan fingerprint density at radius 1 is 1.35 bits per heavy atom. The van der Waals surface area contributed by atoms with Crippen LogP contribution in [-0.2, 0) is 0 Å². The first kappa shape index (κ1) is 12.7. The molecule has 1 aromatic rings. The molecule has 2 aliphatic heterocycles. The summed E-state index contributed by atoms with van der Waals surface area (Å²) in [5, 5.41) is 3.65. The topological polar surface area (TPSA) is 24.5 Å². The molecule has 0 bridgehead atoms. The van der Waals surface area contributed by atoms with Crippen LogP contribution in [0.5, 0.6) is 5.75 Å². The van der Waals surface area contributed by atoms with Gasteiger partial charge in [-0.2, -0.15) is 0 Å². The molecule has 3 nitrogen and oxygen atoms in total. The number of hydrogen-bond donors (Lipinski definition) is 1. The van der Waals surface area contributed by atoms with Gasteiger partial charge < -0.3 is 10.1 Å². The lowest BCUT2D eigenvalue weighted by Gasteiger charge is -2.40. The van der Waals surface area contributed by atoms with Crippen molar-refractivity contribution >= 4 is 0 Å². The van der Waals surface area contributed by atoms with E-state index in [4.69, 9.17) is 4.74 Å². The number of nitrogens with one attached hydrogen (secondary N) is 1. The molecule has 20 heavy (non-hydrogen) atoms. The molecule has 1 saturated heterocycles. The van der Waals surface area contributed by atoms with Crippen molar-refractivity contribution in [3.63, 3.8) is 0 Å². The van der Waals surface area contributed by atoms with Gasteiger partial charge in [0, 0.05) is 43.6 Å². The molecule has 2 fully saturated rings. The third-order valence-electron chi connectivity index (χ3n) is 5.06. The second-order valence-electron chi connectivity index (χ2n) is 6.59. The Hall–Kier alpha value is -1.06. The van der Waals surface area contributed by atoms with Gasteiger partial charge in [0.2, 0.25) is 0 Å². The van der Waals surface area contributed by atoms with E-state index in [0.29, 0.717) is 6.04 Å². The molecule has 0 radical (unpaired) electrons. The Balaban J connectivity index is 1.61. The Morgan fingerprint density at radius 2 is 2.20 bits per heavy atom. The van der Waals surface area contributed by atoms with Crippen molar-refractivity contribution < 1.29 is 4.74 Å². The fourth-order valence-electron chi connectivity index (χ4n) is 3.92. The average Bonchev–Trinajstić information content (AvgIpc) is 3.23. The van der Waals surface area contributed by atoms with E-state index < -0.39 is 0 Å². The van der Waals surface area contributed by atoms with E-state index in [-0.39, 0.29) is 5.60 Å². The molecule has 108 valence electrons. The van der Waals surface area contributed by atoms with Crippen molar-refractivity contribution in [1.82, 2.24) is 10.2 Å². The van der Waals surface area contributed by atoms with Gasteiger partial charge in [-0.05, 0) is 25.5 Å². The highest BCUT2D eigenvalue weighted by Gasteiger charge is 2.48. The summed E-state index contributed by atoms with van der Waals surface area (Å²) in [6.07, 6.45) is 5.08. The fraction of sp³-hybridized carbons (Fsp3) is 0.647. The standard InChI is InChI=1S/C17H24N2O/c1-2-18-15-11-17(9-10-19(12-17)13-7-8-13)20-16-6-4-3-5-14(15)16/h3-6,13,15,18H,2,7-12H2,1H3. The molecule has 0 aromatic heterocycles. The maximum absolute atomic E-state index is 6.48. The Kier molecular flexibility index (Phi) is 3.00. The molecule has 3 heteroatoms. The zero-order valence-corrected chi connectivity index (χ0v) is 12.3. The largest absolute Gasteiger partial charge is 0.485 e. The van der Waals surface area contributed by atoms with Gasteiger partial charge in [0.25, 0.3) is 0 Å². The molecule has 2 unspecified atom stereocenters. The van der Waals surface area contributed by atoms with Crippen LogP contribution in [0, 0.1) is 0 Å². The van der Waals surface area contributed by atoms with Crippen molar-refractivity contribution in [3.05, 3.63) is 29.8 Å². The number of hydrogen-bond acceptors (Lipinski definition) is 3. The molecule has 3 aliphatic rings. The molecule has 4 rings (SSSR count). The summed E-state index contributed by atoms with van der Waals surface area (Å²) in [6, 6.07) is 9.87. The number of rotatable bonds is 3. The van der Waals surface area contributed by atoms with E-state index in [1.165, 1.54) is 31.4 Å². The van der Waals surface area contributed by atoms with Gasteiger partial charge in [0.1, 0.15) is 11.4 Å². The molecule has 1 aliphatic carbocycles. The van der Waals surface area contributed by atoms with Gasteiger partial charge >= 0.3 is 0 Å². The second-order valence-corrected chi connectivity index (χ2v) is 6.59. The van der Waals surface area contributed by atoms with Crippen molar-refractivity contribution in [3.8, 4) is 5.75 Å². The van der Waals surface area contributed by atoms with Crippen LogP contribution in [0.3, 0.4) is 0 Å². The quantitative estimate of drug-likeness (QED) is 0.915. The predicted octanol–water partition coefficient (Wildman–Crippen LogP) is 2.73. The highest BCUT2D eigenvalue weighted by molar-refractivity contribution is 5.39. The number of fused-ring (bicyclic) bond motifs is 1. The van der Waals surface area contributed by atoms with Crippen LogP contribution in [0.1, 0.15) is 44.2 Å². The smallest absolute Gasteiger partial charge is 0.125 e. The first-order chi connectivity index (χ1) is 9.80. The summed E-state index contributed by atoms with van der Waals surface area (Å²) >= 11 is 0. The Morgan fingerprint density at radius 3 is 3.00 bits per heavy atom. The van der Waals surface area contributed by atoms with Gasteiger partial charge in [-0.25, -0.2) is 0 Å². The van der Waals surface area contributed by atoms with Crippen LogP contribution in [0.2, 0.25) is 0 Å². The van der Waals surface area contributed by atoms with E-state index in [2.05, 4.69) is 41.4 Å². The molecule has 1 N–H and O–H groups in total. The van der Waals surface area contributed by atoms with Crippen molar-refractivity contribution in [2.24, 2.45) is 0 Å². The van der Waals surface area contributed by atoms with Crippen LogP contribution < -0.4 is 10.1 Å². The minimum atomic E-state index is 0.0454. The Labute approximate surface area is 121 Å². The maximum atomic E-state index is 6.48. The van der Waals surface area contributed by atoms with E-state index in [9.17, 15) is 0 Å².